The Bertz CT molecular complexity index is 395. The monoisotopic (exact) mass is 224 g/mol. The number of rotatable bonds is 4. The van der Waals surface area contributed by atoms with Gasteiger partial charge in [0.1, 0.15) is 0 Å². The summed E-state index contributed by atoms with van der Waals surface area (Å²) in [6, 6.07) is 1.81. The number of aromatic amines is 1. The molecule has 86 valence electrons. The quantitative estimate of drug-likeness (QED) is 0.614. The van der Waals surface area contributed by atoms with E-state index in [1.807, 2.05) is 6.07 Å². The maximum atomic E-state index is 11.7. The van der Waals surface area contributed by atoms with Crippen LogP contribution in [0.3, 0.4) is 0 Å². The van der Waals surface area contributed by atoms with E-state index in [0.29, 0.717) is 6.54 Å². The fourth-order valence-electron chi connectivity index (χ4n) is 1.48. The molecule has 0 aromatic carbocycles. The smallest absolute Gasteiger partial charge is 0.324 e. The van der Waals surface area contributed by atoms with Gasteiger partial charge in [-0.15, -0.1) is 0 Å². The number of carboxylic acids is 1. The normalized spacial score (nSPS) is 17.5. The highest BCUT2D eigenvalue weighted by Gasteiger charge is 2.53. The second-order valence-corrected chi connectivity index (χ2v) is 3.78. The van der Waals surface area contributed by atoms with Gasteiger partial charge in [0.25, 0.3) is 0 Å². The molecule has 0 saturated carbocycles. The van der Waals surface area contributed by atoms with Gasteiger partial charge in [-0.25, -0.2) is 0 Å². The zero-order valence-corrected chi connectivity index (χ0v) is 8.53. The predicted molar refractivity (Wildman–Crippen MR) is 53.5 cm³/mol. The van der Waals surface area contributed by atoms with Crippen LogP contribution in [0.1, 0.15) is 5.56 Å². The molecule has 16 heavy (non-hydrogen) atoms. The van der Waals surface area contributed by atoms with Crippen molar-refractivity contribution in [2.45, 2.75) is 6.54 Å². The first-order valence-electron chi connectivity index (χ1n) is 4.86. The number of amides is 1. The highest BCUT2D eigenvalue weighted by Crippen LogP contribution is 2.28. The van der Waals surface area contributed by atoms with E-state index in [1.54, 1.807) is 12.4 Å². The van der Waals surface area contributed by atoms with E-state index in [-0.39, 0.29) is 13.2 Å². The summed E-state index contributed by atoms with van der Waals surface area (Å²) < 4.78 is 4.81. The fourth-order valence-corrected chi connectivity index (χ4v) is 1.48. The average Bonchev–Trinajstić information content (AvgIpc) is 2.64. The van der Waals surface area contributed by atoms with Gasteiger partial charge in [0, 0.05) is 18.9 Å². The van der Waals surface area contributed by atoms with E-state index >= 15 is 0 Å². The van der Waals surface area contributed by atoms with Crippen molar-refractivity contribution in [3.63, 3.8) is 0 Å². The molecular weight excluding hydrogens is 212 g/mol. The summed E-state index contributed by atoms with van der Waals surface area (Å²) in [7, 11) is 0. The molecule has 0 spiro atoms. The van der Waals surface area contributed by atoms with E-state index < -0.39 is 17.3 Å². The van der Waals surface area contributed by atoms with Crippen molar-refractivity contribution in [3.8, 4) is 0 Å². The lowest BCUT2D eigenvalue weighted by atomic mass is 9.85. The molecule has 1 aliphatic heterocycles. The van der Waals surface area contributed by atoms with Crippen LogP contribution in [0, 0.1) is 5.41 Å². The van der Waals surface area contributed by atoms with Gasteiger partial charge in [-0.05, 0) is 11.6 Å². The van der Waals surface area contributed by atoms with Crippen molar-refractivity contribution >= 4 is 11.9 Å². The van der Waals surface area contributed by atoms with Gasteiger partial charge in [0.15, 0.2) is 5.41 Å². The van der Waals surface area contributed by atoms with E-state index in [4.69, 9.17) is 9.84 Å². The SMILES string of the molecule is O=C(O)C1(C(=O)NCc2cc[nH]c2)COC1. The van der Waals surface area contributed by atoms with E-state index in [2.05, 4.69) is 10.3 Å². The molecular formula is C10H12N2O4. The van der Waals surface area contributed by atoms with Gasteiger partial charge in [0.2, 0.25) is 5.91 Å². The largest absolute Gasteiger partial charge is 0.480 e. The number of nitrogens with one attached hydrogen (secondary N) is 2. The van der Waals surface area contributed by atoms with E-state index in [9.17, 15) is 9.59 Å². The van der Waals surface area contributed by atoms with Gasteiger partial charge in [0.05, 0.1) is 13.2 Å². The lowest BCUT2D eigenvalue weighted by molar-refractivity contribution is -0.185. The maximum absolute atomic E-state index is 11.7. The second-order valence-electron chi connectivity index (χ2n) is 3.78. The molecule has 1 saturated heterocycles. The molecule has 0 aliphatic carbocycles. The summed E-state index contributed by atoms with van der Waals surface area (Å²) in [6.07, 6.45) is 3.48. The van der Waals surface area contributed by atoms with Crippen LogP contribution in [0.4, 0.5) is 0 Å². The van der Waals surface area contributed by atoms with Gasteiger partial charge >= 0.3 is 5.97 Å². The van der Waals surface area contributed by atoms with Crippen LogP contribution in [0.2, 0.25) is 0 Å². The number of hydrogen-bond donors (Lipinski definition) is 3. The lowest BCUT2D eigenvalue weighted by Gasteiger charge is -2.35. The van der Waals surface area contributed by atoms with Crippen molar-refractivity contribution in [2.75, 3.05) is 13.2 Å². The Labute approximate surface area is 91.6 Å². The van der Waals surface area contributed by atoms with Crippen LogP contribution >= 0.6 is 0 Å². The first-order chi connectivity index (χ1) is 7.65. The Morgan fingerprint density at radius 2 is 2.31 bits per heavy atom. The van der Waals surface area contributed by atoms with Crippen LogP contribution < -0.4 is 5.32 Å². The summed E-state index contributed by atoms with van der Waals surface area (Å²) in [5, 5.41) is 11.6. The van der Waals surface area contributed by atoms with E-state index in [0.717, 1.165) is 5.56 Å². The van der Waals surface area contributed by atoms with Crippen LogP contribution in [0.5, 0.6) is 0 Å². The fraction of sp³-hybridized carbons (Fsp3) is 0.400. The molecule has 1 aromatic heterocycles. The minimum Gasteiger partial charge on any atom is -0.480 e. The van der Waals surface area contributed by atoms with Crippen molar-refractivity contribution in [1.29, 1.82) is 0 Å². The summed E-state index contributed by atoms with van der Waals surface area (Å²) in [4.78, 5) is 25.5. The molecule has 6 nitrogen and oxygen atoms in total. The number of aliphatic carboxylic acids is 1. The van der Waals surface area contributed by atoms with Crippen LogP contribution in [-0.4, -0.2) is 35.2 Å². The number of carbonyl (C=O) groups excluding carboxylic acids is 1. The zero-order chi connectivity index (χ0) is 11.6. The second kappa shape index (κ2) is 3.97. The Morgan fingerprint density at radius 3 is 2.75 bits per heavy atom. The van der Waals surface area contributed by atoms with Gasteiger partial charge in [-0.1, -0.05) is 0 Å². The molecule has 1 aromatic rings. The Morgan fingerprint density at radius 1 is 1.56 bits per heavy atom. The third-order valence-electron chi connectivity index (χ3n) is 2.66. The highest BCUT2D eigenvalue weighted by molar-refractivity contribution is 6.03. The van der Waals surface area contributed by atoms with Crippen LogP contribution in [0.25, 0.3) is 0 Å². The molecule has 1 fully saturated rings. The van der Waals surface area contributed by atoms with Crippen LogP contribution in [-0.2, 0) is 20.9 Å². The minimum atomic E-state index is -1.39. The maximum Gasteiger partial charge on any atom is 0.324 e. The minimum absolute atomic E-state index is 0.0543. The molecule has 3 N–H and O–H groups in total. The molecule has 6 heteroatoms. The first kappa shape index (κ1) is 10.7. The molecule has 1 amide bonds. The Hall–Kier alpha value is -1.82. The Balaban J connectivity index is 1.95. The molecule has 0 radical (unpaired) electrons. The van der Waals surface area contributed by atoms with Crippen LogP contribution in [0.15, 0.2) is 18.5 Å². The number of carboxylic acid groups (broad SMARTS) is 1. The first-order valence-corrected chi connectivity index (χ1v) is 4.86. The Kier molecular flexibility index (Phi) is 2.66. The summed E-state index contributed by atoms with van der Waals surface area (Å²) in [5.74, 6) is -1.63. The zero-order valence-electron chi connectivity index (χ0n) is 8.53. The average molecular weight is 224 g/mol. The van der Waals surface area contributed by atoms with Crippen molar-refractivity contribution < 1.29 is 19.4 Å². The van der Waals surface area contributed by atoms with Crippen molar-refractivity contribution in [2.24, 2.45) is 5.41 Å². The molecule has 0 unspecified atom stereocenters. The predicted octanol–water partition coefficient (Wildman–Crippen LogP) is -0.268. The van der Waals surface area contributed by atoms with Gasteiger partial charge < -0.3 is 20.1 Å². The lowest BCUT2D eigenvalue weighted by Crippen LogP contribution is -2.58. The van der Waals surface area contributed by atoms with Gasteiger partial charge in [-0.3, -0.25) is 9.59 Å². The number of aromatic nitrogens is 1. The number of H-pyrrole nitrogens is 1. The number of hydrogen-bond acceptors (Lipinski definition) is 3. The molecule has 1 aliphatic rings. The topological polar surface area (TPSA) is 91.4 Å². The molecule has 0 atom stereocenters. The third kappa shape index (κ3) is 1.67. The third-order valence-corrected chi connectivity index (χ3v) is 2.66. The summed E-state index contributed by atoms with van der Waals surface area (Å²) in [5.41, 5.74) is -0.495. The molecule has 2 heterocycles. The molecule has 2 rings (SSSR count). The van der Waals surface area contributed by atoms with Crippen molar-refractivity contribution in [1.82, 2.24) is 10.3 Å². The van der Waals surface area contributed by atoms with Gasteiger partial charge in [-0.2, -0.15) is 0 Å². The summed E-state index contributed by atoms with van der Waals surface area (Å²) >= 11 is 0. The highest BCUT2D eigenvalue weighted by atomic mass is 16.5. The standard InChI is InChI=1S/C10H12N2O4/c13-8(10(9(14)15)5-16-6-10)12-4-7-1-2-11-3-7/h1-3,11H,4-6H2,(H,12,13)(H,14,15). The molecule has 0 bridgehead atoms. The summed E-state index contributed by atoms with van der Waals surface area (Å²) in [6.45, 7) is 0.208. The number of ether oxygens (including phenoxy) is 1. The van der Waals surface area contributed by atoms with E-state index in [1.165, 1.54) is 0 Å². The van der Waals surface area contributed by atoms with Crippen molar-refractivity contribution in [3.05, 3.63) is 24.0 Å². The number of carbonyl (C=O) groups is 2.